The Balaban J connectivity index is 1.91. The molecule has 0 bridgehead atoms. The van der Waals surface area contributed by atoms with E-state index in [9.17, 15) is 24.0 Å². The van der Waals surface area contributed by atoms with Gasteiger partial charge in [-0.15, -0.1) is 0 Å². The molecule has 13 heteroatoms. The summed E-state index contributed by atoms with van der Waals surface area (Å²) in [5.41, 5.74) is -3.55. The van der Waals surface area contributed by atoms with E-state index < -0.39 is 27.8 Å². The number of nitrogens with zero attached hydrogens (tertiary/aromatic N) is 7. The van der Waals surface area contributed by atoms with E-state index in [1.807, 2.05) is 0 Å². The molecule has 0 aliphatic heterocycles. The van der Waals surface area contributed by atoms with Crippen molar-refractivity contribution in [1.29, 1.82) is 0 Å². The molecule has 4 aromatic rings. The van der Waals surface area contributed by atoms with E-state index in [-0.39, 0.29) is 16.0 Å². The van der Waals surface area contributed by atoms with Gasteiger partial charge in [-0.2, -0.15) is 10.2 Å². The predicted octanol–water partition coefficient (Wildman–Crippen LogP) is 3.31. The van der Waals surface area contributed by atoms with E-state index in [4.69, 9.17) is 12.2 Å². The number of rotatable bonds is 6. The molecule has 0 fully saturated rings. The lowest BCUT2D eigenvalue weighted by atomic mass is 9.83. The molecule has 0 radical (unpaired) electrons. The molecule has 2 atom stereocenters. The third kappa shape index (κ3) is 3.50. The monoisotopic (exact) mass is 473 g/mol. The van der Waals surface area contributed by atoms with Gasteiger partial charge in [0.2, 0.25) is 4.77 Å². The molecule has 0 aliphatic carbocycles. The minimum absolute atomic E-state index is 0.0737. The van der Waals surface area contributed by atoms with Crippen molar-refractivity contribution in [3.63, 3.8) is 0 Å². The highest BCUT2D eigenvalue weighted by Gasteiger charge is 2.51. The van der Waals surface area contributed by atoms with Gasteiger partial charge in [0.1, 0.15) is 36.2 Å². The Labute approximate surface area is 190 Å². The van der Waals surface area contributed by atoms with Gasteiger partial charge in [-0.05, 0) is 44.3 Å². The summed E-state index contributed by atoms with van der Waals surface area (Å²) in [6.45, 7) is 2.85. The molecular weight excluding hydrogens is 456 g/mol. The maximum atomic E-state index is 14.7. The SMILES string of the molecule is C[C@@](n1cncn1)(n1ncn(-c2ccc([N+](=O)[O-])cc2)c1=S)[C@](C)(O)c1ccc(F)cc1F. The molecule has 4 rings (SSSR count). The Morgan fingerprint density at radius 2 is 1.79 bits per heavy atom. The number of hydrogen-bond acceptors (Lipinski definition) is 7. The molecule has 0 unspecified atom stereocenters. The average Bonchev–Trinajstić information content (AvgIpc) is 3.43. The first-order chi connectivity index (χ1) is 15.6. The molecule has 10 nitrogen and oxygen atoms in total. The van der Waals surface area contributed by atoms with Crippen molar-refractivity contribution >= 4 is 17.9 Å². The first-order valence-electron chi connectivity index (χ1n) is 9.52. The Morgan fingerprint density at radius 3 is 2.36 bits per heavy atom. The third-order valence-corrected chi connectivity index (χ3v) is 6.03. The smallest absolute Gasteiger partial charge is 0.269 e. The van der Waals surface area contributed by atoms with Crippen LogP contribution in [-0.2, 0) is 11.3 Å². The summed E-state index contributed by atoms with van der Waals surface area (Å²) in [7, 11) is 0. The highest BCUT2D eigenvalue weighted by Crippen LogP contribution is 2.40. The zero-order chi connectivity index (χ0) is 24.0. The summed E-state index contributed by atoms with van der Waals surface area (Å²) < 4.78 is 32.3. The van der Waals surface area contributed by atoms with Crippen LogP contribution in [0.25, 0.3) is 5.69 Å². The van der Waals surface area contributed by atoms with Gasteiger partial charge in [0.15, 0.2) is 5.66 Å². The fourth-order valence-corrected chi connectivity index (χ4v) is 3.99. The van der Waals surface area contributed by atoms with Gasteiger partial charge in [-0.1, -0.05) is 6.07 Å². The largest absolute Gasteiger partial charge is 0.381 e. The predicted molar refractivity (Wildman–Crippen MR) is 114 cm³/mol. The van der Waals surface area contributed by atoms with Crippen LogP contribution < -0.4 is 0 Å². The molecule has 0 spiro atoms. The topological polar surface area (TPSA) is 117 Å². The number of halogens is 2. The maximum Gasteiger partial charge on any atom is 0.269 e. The zero-order valence-electron chi connectivity index (χ0n) is 17.3. The number of benzene rings is 2. The Kier molecular flexibility index (Phi) is 5.38. The summed E-state index contributed by atoms with van der Waals surface area (Å²) in [5.74, 6) is -1.76. The number of nitro groups is 1. The van der Waals surface area contributed by atoms with Gasteiger partial charge < -0.3 is 5.11 Å². The molecule has 33 heavy (non-hydrogen) atoms. The van der Waals surface area contributed by atoms with Crippen LogP contribution in [0.3, 0.4) is 0 Å². The van der Waals surface area contributed by atoms with Crippen LogP contribution in [0, 0.1) is 26.5 Å². The first kappa shape index (κ1) is 22.4. The van der Waals surface area contributed by atoms with Gasteiger partial charge in [-0.3, -0.25) is 14.7 Å². The molecule has 0 saturated heterocycles. The van der Waals surface area contributed by atoms with Crippen molar-refractivity contribution in [3.05, 3.63) is 93.5 Å². The molecular formula is C20H17F2N7O3S. The second-order valence-electron chi connectivity index (χ2n) is 7.53. The average molecular weight is 473 g/mol. The van der Waals surface area contributed by atoms with Crippen LogP contribution in [0.5, 0.6) is 0 Å². The lowest BCUT2D eigenvalue weighted by molar-refractivity contribution is -0.384. The lowest BCUT2D eigenvalue weighted by Gasteiger charge is -2.42. The van der Waals surface area contributed by atoms with Crippen molar-refractivity contribution in [2.45, 2.75) is 25.1 Å². The second-order valence-corrected chi connectivity index (χ2v) is 7.89. The number of non-ortho nitro benzene ring substituents is 1. The van der Waals surface area contributed by atoms with Crippen molar-refractivity contribution < 1.29 is 18.8 Å². The van der Waals surface area contributed by atoms with E-state index in [0.29, 0.717) is 11.8 Å². The van der Waals surface area contributed by atoms with Gasteiger partial charge in [0.25, 0.3) is 5.69 Å². The molecule has 170 valence electrons. The third-order valence-electron chi connectivity index (χ3n) is 5.66. The number of aliphatic hydroxyl groups is 1. The summed E-state index contributed by atoms with van der Waals surface area (Å²) in [6, 6.07) is 8.44. The van der Waals surface area contributed by atoms with Crippen LogP contribution in [-0.4, -0.2) is 39.1 Å². The van der Waals surface area contributed by atoms with E-state index >= 15 is 0 Å². The molecule has 2 aromatic carbocycles. The molecule has 2 heterocycles. The van der Waals surface area contributed by atoms with E-state index in [1.54, 1.807) is 0 Å². The zero-order valence-corrected chi connectivity index (χ0v) is 18.1. The van der Waals surface area contributed by atoms with Crippen molar-refractivity contribution in [2.24, 2.45) is 0 Å². The standard InChI is InChI=1S/C20H17F2N7O3S/c1-19(30,16-8-3-13(21)9-17(16)22)20(2,27-11-23-10-24-27)28-18(33)26(12-25-28)14-4-6-15(7-5-14)29(31)32/h3-12,30H,1-2H3/t19-,20-/m1/s1. The fraction of sp³-hybridized carbons (Fsp3) is 0.200. The van der Waals surface area contributed by atoms with Crippen molar-refractivity contribution in [3.8, 4) is 5.69 Å². The van der Waals surface area contributed by atoms with Crippen LogP contribution in [0.1, 0.15) is 19.4 Å². The van der Waals surface area contributed by atoms with Crippen LogP contribution >= 0.6 is 12.2 Å². The lowest BCUT2D eigenvalue weighted by Crippen LogP contribution is -2.56. The second kappa shape index (κ2) is 7.94. The summed E-state index contributed by atoms with van der Waals surface area (Å²) in [6.07, 6.45) is 3.89. The number of aromatic nitrogens is 6. The first-order valence-corrected chi connectivity index (χ1v) is 9.93. The van der Waals surface area contributed by atoms with Crippen LogP contribution in [0.2, 0.25) is 0 Å². The highest BCUT2D eigenvalue weighted by molar-refractivity contribution is 7.71. The Bertz CT molecular complexity index is 1380. The summed E-state index contributed by atoms with van der Waals surface area (Å²) in [4.78, 5) is 14.3. The van der Waals surface area contributed by atoms with Gasteiger partial charge in [0.05, 0.1) is 4.92 Å². The van der Waals surface area contributed by atoms with Crippen molar-refractivity contribution in [1.82, 2.24) is 29.1 Å². The minimum Gasteiger partial charge on any atom is -0.381 e. The van der Waals surface area contributed by atoms with Crippen LogP contribution in [0.15, 0.2) is 61.4 Å². The van der Waals surface area contributed by atoms with E-state index in [2.05, 4.69) is 15.2 Å². The molecule has 2 aromatic heterocycles. The van der Waals surface area contributed by atoms with E-state index in [0.717, 1.165) is 12.1 Å². The minimum atomic E-state index is -2.05. The fourth-order valence-electron chi connectivity index (χ4n) is 3.61. The Morgan fingerprint density at radius 1 is 1.09 bits per heavy atom. The maximum absolute atomic E-state index is 14.7. The van der Waals surface area contributed by atoms with Gasteiger partial charge >= 0.3 is 0 Å². The van der Waals surface area contributed by atoms with E-state index in [1.165, 1.54) is 71.0 Å². The Hall–Kier alpha value is -3.84. The molecule has 1 N–H and O–H groups in total. The molecule has 0 saturated carbocycles. The van der Waals surface area contributed by atoms with Crippen LogP contribution in [0.4, 0.5) is 14.5 Å². The van der Waals surface area contributed by atoms with Gasteiger partial charge in [0, 0.05) is 29.4 Å². The summed E-state index contributed by atoms with van der Waals surface area (Å²) in [5, 5.41) is 31.0. The number of nitro benzene ring substituents is 1. The molecule has 0 aliphatic rings. The van der Waals surface area contributed by atoms with Crippen molar-refractivity contribution in [2.75, 3.05) is 0 Å². The normalized spacial score (nSPS) is 15.1. The quantitative estimate of drug-likeness (QED) is 0.259. The molecule has 0 amide bonds. The number of hydrogen-bond donors (Lipinski definition) is 1. The highest BCUT2D eigenvalue weighted by atomic mass is 32.1. The van der Waals surface area contributed by atoms with Gasteiger partial charge in [-0.25, -0.2) is 23.1 Å². The summed E-state index contributed by atoms with van der Waals surface area (Å²) >= 11 is 5.59.